The minimum absolute atomic E-state index is 0.125. The molecule has 0 unspecified atom stereocenters. The molecular formula is C12H12N4O2. The molecule has 2 aromatic rings. The first-order valence-electron chi connectivity index (χ1n) is 5.71. The van der Waals surface area contributed by atoms with Gasteiger partial charge >= 0.3 is 5.69 Å². The second-order valence-corrected chi connectivity index (χ2v) is 4.23. The highest BCUT2D eigenvalue weighted by atomic mass is 16.1. The second-order valence-electron chi connectivity index (χ2n) is 4.23. The van der Waals surface area contributed by atoms with Crippen molar-refractivity contribution in [2.24, 2.45) is 0 Å². The molecule has 18 heavy (non-hydrogen) atoms. The zero-order valence-electron chi connectivity index (χ0n) is 9.86. The molecule has 1 aliphatic rings. The molecular weight excluding hydrogens is 232 g/mol. The second kappa shape index (κ2) is 3.83. The van der Waals surface area contributed by atoms with E-state index >= 15 is 0 Å². The number of nitrogens with zero attached hydrogens (tertiary/aromatic N) is 2. The molecule has 0 spiro atoms. The van der Waals surface area contributed by atoms with Gasteiger partial charge < -0.3 is 10.6 Å². The van der Waals surface area contributed by atoms with E-state index in [0.717, 1.165) is 17.7 Å². The molecule has 3 rings (SSSR count). The summed E-state index contributed by atoms with van der Waals surface area (Å²) in [7, 11) is 0. The Bertz CT molecular complexity index is 705. The first-order chi connectivity index (χ1) is 8.65. The summed E-state index contributed by atoms with van der Waals surface area (Å²) in [6, 6.07) is 5.30. The van der Waals surface area contributed by atoms with Crippen LogP contribution >= 0.6 is 0 Å². The smallest absolute Gasteiger partial charge is 0.349 e. The summed E-state index contributed by atoms with van der Waals surface area (Å²) in [5.74, 6) is 0.650. The first kappa shape index (κ1) is 10.8. The van der Waals surface area contributed by atoms with E-state index in [9.17, 15) is 9.59 Å². The van der Waals surface area contributed by atoms with Gasteiger partial charge in [-0.25, -0.2) is 4.79 Å². The summed E-state index contributed by atoms with van der Waals surface area (Å²) in [4.78, 5) is 26.8. The van der Waals surface area contributed by atoms with Crippen LogP contribution in [0.15, 0.2) is 23.0 Å². The summed E-state index contributed by atoms with van der Waals surface area (Å²) >= 11 is 0. The highest BCUT2D eigenvalue weighted by molar-refractivity contribution is 5.96. The first-order valence-corrected chi connectivity index (χ1v) is 5.71. The van der Waals surface area contributed by atoms with Gasteiger partial charge in [-0.3, -0.25) is 9.36 Å². The van der Waals surface area contributed by atoms with Crippen LogP contribution in [0.2, 0.25) is 0 Å². The molecule has 2 heterocycles. The Morgan fingerprint density at radius 1 is 1.50 bits per heavy atom. The van der Waals surface area contributed by atoms with Crippen molar-refractivity contribution in [3.63, 3.8) is 0 Å². The van der Waals surface area contributed by atoms with Gasteiger partial charge in [0.25, 0.3) is 0 Å². The molecule has 0 bridgehead atoms. The third-order valence-electron chi connectivity index (χ3n) is 2.92. The fourth-order valence-electron chi connectivity index (χ4n) is 2.19. The lowest BCUT2D eigenvalue weighted by Crippen LogP contribution is -2.20. The van der Waals surface area contributed by atoms with Crippen LogP contribution in [0.1, 0.15) is 6.92 Å². The topological polar surface area (TPSA) is 76.0 Å². The highest BCUT2D eigenvalue weighted by Gasteiger charge is 2.16. The van der Waals surface area contributed by atoms with Gasteiger partial charge in [0, 0.05) is 31.1 Å². The van der Waals surface area contributed by atoms with Crippen molar-refractivity contribution >= 4 is 28.3 Å². The van der Waals surface area contributed by atoms with Crippen LogP contribution in [0.3, 0.4) is 0 Å². The number of nitrogens with one attached hydrogen (secondary N) is 2. The van der Waals surface area contributed by atoms with E-state index in [0.29, 0.717) is 17.7 Å². The lowest BCUT2D eigenvalue weighted by atomic mass is 10.2. The van der Waals surface area contributed by atoms with Crippen LogP contribution in [0, 0.1) is 0 Å². The molecule has 0 radical (unpaired) electrons. The van der Waals surface area contributed by atoms with Crippen molar-refractivity contribution in [2.75, 3.05) is 17.2 Å². The third kappa shape index (κ3) is 1.62. The van der Waals surface area contributed by atoms with Crippen molar-refractivity contribution in [3.8, 4) is 0 Å². The Labute approximate surface area is 103 Å². The molecule has 0 saturated carbocycles. The molecule has 0 fully saturated rings. The van der Waals surface area contributed by atoms with Crippen LogP contribution in [-0.4, -0.2) is 22.0 Å². The number of carbonyl (C=O) groups excluding carboxylic acids is 1. The van der Waals surface area contributed by atoms with Gasteiger partial charge in [0.1, 0.15) is 5.82 Å². The quantitative estimate of drug-likeness (QED) is 0.777. The van der Waals surface area contributed by atoms with Gasteiger partial charge in [-0.1, -0.05) is 0 Å². The number of carbonyl (C=O) groups is 1. The number of hydrogen-bond donors (Lipinski definition) is 2. The minimum Gasteiger partial charge on any atom is -0.369 e. The SMILES string of the molecule is CC(=O)Nc1ccc2nc(=O)n3c(c2c1)NCC3. The van der Waals surface area contributed by atoms with Gasteiger partial charge in [-0.15, -0.1) is 0 Å². The normalized spacial score (nSPS) is 13.2. The summed E-state index contributed by atoms with van der Waals surface area (Å²) in [5.41, 5.74) is 1.09. The predicted molar refractivity (Wildman–Crippen MR) is 68.8 cm³/mol. The van der Waals surface area contributed by atoms with E-state index in [1.807, 2.05) is 6.07 Å². The van der Waals surface area contributed by atoms with Gasteiger partial charge in [-0.2, -0.15) is 4.98 Å². The predicted octanol–water partition coefficient (Wildman–Crippen LogP) is 0.780. The fourth-order valence-corrected chi connectivity index (χ4v) is 2.19. The number of aromatic nitrogens is 2. The molecule has 6 heteroatoms. The van der Waals surface area contributed by atoms with E-state index in [1.54, 1.807) is 16.7 Å². The molecule has 1 aromatic heterocycles. The molecule has 0 saturated heterocycles. The lowest BCUT2D eigenvalue weighted by molar-refractivity contribution is -0.114. The van der Waals surface area contributed by atoms with E-state index in [-0.39, 0.29) is 11.6 Å². The van der Waals surface area contributed by atoms with E-state index in [1.165, 1.54) is 6.92 Å². The van der Waals surface area contributed by atoms with E-state index in [2.05, 4.69) is 15.6 Å². The Morgan fingerprint density at radius 3 is 3.11 bits per heavy atom. The highest BCUT2D eigenvalue weighted by Crippen LogP contribution is 2.25. The average Bonchev–Trinajstić information content (AvgIpc) is 2.79. The van der Waals surface area contributed by atoms with Gasteiger partial charge in [0.05, 0.1) is 5.52 Å². The molecule has 92 valence electrons. The number of hydrogen-bond acceptors (Lipinski definition) is 4. The minimum atomic E-state index is -0.241. The summed E-state index contributed by atoms with van der Waals surface area (Å²) < 4.78 is 1.61. The van der Waals surface area contributed by atoms with Crippen molar-refractivity contribution in [2.45, 2.75) is 13.5 Å². The van der Waals surface area contributed by atoms with Crippen molar-refractivity contribution in [3.05, 3.63) is 28.7 Å². The Hall–Kier alpha value is -2.37. The van der Waals surface area contributed by atoms with Crippen molar-refractivity contribution in [1.29, 1.82) is 0 Å². The number of rotatable bonds is 1. The van der Waals surface area contributed by atoms with Crippen LogP contribution in [0.4, 0.5) is 11.5 Å². The molecule has 0 atom stereocenters. The van der Waals surface area contributed by atoms with Gasteiger partial charge in [-0.05, 0) is 18.2 Å². The Kier molecular flexibility index (Phi) is 2.29. The lowest BCUT2D eigenvalue weighted by Gasteiger charge is -2.08. The monoisotopic (exact) mass is 244 g/mol. The Balaban J connectivity index is 2.24. The number of benzene rings is 1. The maximum Gasteiger partial charge on any atom is 0.349 e. The third-order valence-corrected chi connectivity index (χ3v) is 2.92. The molecule has 1 aromatic carbocycles. The zero-order chi connectivity index (χ0) is 12.7. The van der Waals surface area contributed by atoms with Gasteiger partial charge in [0.2, 0.25) is 5.91 Å². The maximum atomic E-state index is 11.7. The maximum absolute atomic E-state index is 11.7. The van der Waals surface area contributed by atoms with Crippen molar-refractivity contribution in [1.82, 2.24) is 9.55 Å². The number of fused-ring (bicyclic) bond motifs is 3. The van der Waals surface area contributed by atoms with Crippen LogP contribution in [0.25, 0.3) is 10.9 Å². The molecule has 0 aliphatic carbocycles. The average molecular weight is 244 g/mol. The van der Waals surface area contributed by atoms with E-state index < -0.39 is 0 Å². The van der Waals surface area contributed by atoms with Gasteiger partial charge in [0.15, 0.2) is 0 Å². The number of amides is 1. The molecule has 1 amide bonds. The Morgan fingerprint density at radius 2 is 2.33 bits per heavy atom. The standard InChI is InChI=1S/C12H12N4O2/c1-7(17)14-8-2-3-10-9(6-8)11-13-4-5-16(11)12(18)15-10/h2-3,6,13H,4-5H2,1H3,(H,14,17). The largest absolute Gasteiger partial charge is 0.369 e. The molecule has 6 nitrogen and oxygen atoms in total. The zero-order valence-corrected chi connectivity index (χ0v) is 9.86. The number of anilines is 2. The summed E-state index contributed by atoms with van der Waals surface area (Å²) in [5, 5.41) is 6.74. The van der Waals surface area contributed by atoms with Crippen LogP contribution in [0.5, 0.6) is 0 Å². The molecule has 1 aliphatic heterocycles. The van der Waals surface area contributed by atoms with E-state index in [4.69, 9.17) is 0 Å². The summed E-state index contributed by atoms with van der Waals surface area (Å²) in [6.45, 7) is 2.81. The summed E-state index contributed by atoms with van der Waals surface area (Å²) in [6.07, 6.45) is 0. The van der Waals surface area contributed by atoms with Crippen LogP contribution < -0.4 is 16.3 Å². The molecule has 2 N–H and O–H groups in total. The fraction of sp³-hybridized carbons (Fsp3) is 0.250. The van der Waals surface area contributed by atoms with Crippen molar-refractivity contribution < 1.29 is 4.79 Å². The van der Waals surface area contributed by atoms with Crippen LogP contribution in [-0.2, 0) is 11.3 Å².